The summed E-state index contributed by atoms with van der Waals surface area (Å²) >= 11 is 1.66. The summed E-state index contributed by atoms with van der Waals surface area (Å²) in [6, 6.07) is 17.8. The molecule has 8 heteroatoms. The minimum absolute atomic E-state index is 0.0362. The lowest BCUT2D eigenvalue weighted by molar-refractivity contribution is -0.126. The molecule has 5 rings (SSSR count). The van der Waals surface area contributed by atoms with E-state index in [1.807, 2.05) is 59.5 Å². The summed E-state index contributed by atoms with van der Waals surface area (Å²) < 4.78 is 2.66. The van der Waals surface area contributed by atoms with Crippen molar-refractivity contribution in [1.29, 1.82) is 0 Å². The largest absolute Gasteiger partial charge is 0.328 e. The van der Waals surface area contributed by atoms with Crippen molar-refractivity contribution in [2.45, 2.75) is 25.8 Å². The van der Waals surface area contributed by atoms with E-state index < -0.39 is 0 Å². The smallest absolute Gasteiger partial charge is 0.273 e. The van der Waals surface area contributed by atoms with E-state index in [2.05, 4.69) is 21.6 Å². The molecule has 1 aliphatic heterocycles. The van der Waals surface area contributed by atoms with Crippen LogP contribution in [-0.2, 0) is 4.79 Å². The first-order valence-corrected chi connectivity index (χ1v) is 10.7. The van der Waals surface area contributed by atoms with Gasteiger partial charge in [0.1, 0.15) is 10.7 Å². The predicted molar refractivity (Wildman–Crippen MR) is 116 cm³/mol. The molecule has 4 aromatic rings. The molecule has 7 nitrogen and oxygen atoms in total. The number of hydrogen-bond donors (Lipinski definition) is 0. The number of aromatic nitrogens is 5. The molecule has 0 aliphatic carbocycles. The Morgan fingerprint density at radius 2 is 1.93 bits per heavy atom. The van der Waals surface area contributed by atoms with Crippen molar-refractivity contribution >= 4 is 39.2 Å². The van der Waals surface area contributed by atoms with Crippen LogP contribution in [0.4, 0.5) is 0 Å². The first kappa shape index (κ1) is 18.6. The molecule has 3 heterocycles. The first-order chi connectivity index (χ1) is 14.7. The summed E-state index contributed by atoms with van der Waals surface area (Å²) in [4.78, 5) is 20.4. The van der Waals surface area contributed by atoms with E-state index in [9.17, 15) is 4.79 Å². The van der Waals surface area contributed by atoms with Crippen molar-refractivity contribution in [2.75, 3.05) is 6.54 Å². The molecule has 0 saturated carbocycles. The van der Waals surface area contributed by atoms with Crippen molar-refractivity contribution in [1.82, 2.24) is 30.1 Å². The van der Waals surface area contributed by atoms with E-state index in [0.717, 1.165) is 33.6 Å². The summed E-state index contributed by atoms with van der Waals surface area (Å²) in [5.74, 6) is 0.484. The van der Waals surface area contributed by atoms with Crippen molar-refractivity contribution < 1.29 is 4.79 Å². The van der Waals surface area contributed by atoms with Gasteiger partial charge in [-0.2, -0.15) is 4.68 Å². The molecule has 1 aliphatic rings. The van der Waals surface area contributed by atoms with Gasteiger partial charge in [0.05, 0.1) is 16.3 Å². The summed E-state index contributed by atoms with van der Waals surface area (Å²) in [7, 11) is 0. The van der Waals surface area contributed by atoms with Gasteiger partial charge in [0, 0.05) is 6.54 Å². The maximum atomic E-state index is 13.7. The van der Waals surface area contributed by atoms with Gasteiger partial charge in [0.2, 0.25) is 0 Å². The lowest BCUT2D eigenvalue weighted by Gasteiger charge is -2.24. The Bertz CT molecular complexity index is 1200. The quantitative estimate of drug-likeness (QED) is 0.471. The Balaban J connectivity index is 1.54. The maximum Gasteiger partial charge on any atom is 0.273 e. The number of hydrogen-bond acceptors (Lipinski definition) is 6. The highest BCUT2D eigenvalue weighted by molar-refractivity contribution is 7.18. The average Bonchev–Trinajstić information content (AvgIpc) is 3.51. The van der Waals surface area contributed by atoms with Gasteiger partial charge < -0.3 is 4.90 Å². The fourth-order valence-electron chi connectivity index (χ4n) is 3.82. The van der Waals surface area contributed by atoms with Crippen LogP contribution in [0.3, 0.4) is 0 Å². The molecule has 30 heavy (non-hydrogen) atoms. The molecule has 1 saturated heterocycles. The van der Waals surface area contributed by atoms with Crippen LogP contribution >= 0.6 is 11.3 Å². The summed E-state index contributed by atoms with van der Waals surface area (Å²) in [6.45, 7) is 2.48. The van der Waals surface area contributed by atoms with E-state index in [0.29, 0.717) is 18.1 Å². The number of fused-ring (bicyclic) bond motifs is 1. The topological polar surface area (TPSA) is 76.8 Å². The Hall–Kier alpha value is -3.39. The lowest BCUT2D eigenvalue weighted by atomic mass is 10.1. The molecule has 1 fully saturated rings. The Labute approximate surface area is 177 Å². The highest BCUT2D eigenvalue weighted by Gasteiger charge is 2.35. The highest BCUT2D eigenvalue weighted by atomic mass is 32.1. The molecule has 0 radical (unpaired) electrons. The number of benzene rings is 2. The molecule has 1 unspecified atom stereocenters. The third kappa shape index (κ3) is 3.39. The summed E-state index contributed by atoms with van der Waals surface area (Å²) in [5.41, 5.74) is 2.34. The fraction of sp³-hybridized carbons (Fsp3) is 0.227. The Morgan fingerprint density at radius 3 is 2.70 bits per heavy atom. The number of carbonyl (C=O) groups excluding carboxylic acids is 1. The van der Waals surface area contributed by atoms with Crippen LogP contribution in [0.5, 0.6) is 0 Å². The van der Waals surface area contributed by atoms with Gasteiger partial charge in [0.15, 0.2) is 5.82 Å². The molecule has 150 valence electrons. The van der Waals surface area contributed by atoms with E-state index in [-0.39, 0.29) is 11.9 Å². The molecule has 2 aromatic carbocycles. The summed E-state index contributed by atoms with van der Waals surface area (Å²) in [6.07, 6.45) is 3.69. The van der Waals surface area contributed by atoms with E-state index in [1.54, 1.807) is 18.3 Å². The van der Waals surface area contributed by atoms with E-state index in [4.69, 9.17) is 4.98 Å². The first-order valence-electron chi connectivity index (χ1n) is 9.89. The van der Waals surface area contributed by atoms with Crippen LogP contribution in [-0.4, -0.2) is 42.5 Å². The molecule has 0 spiro atoms. The third-order valence-electron chi connectivity index (χ3n) is 5.28. The van der Waals surface area contributed by atoms with Crippen LogP contribution in [0.25, 0.3) is 22.0 Å². The molecule has 0 bridgehead atoms. The van der Waals surface area contributed by atoms with Gasteiger partial charge in [-0.25, -0.2) is 4.98 Å². The highest BCUT2D eigenvalue weighted by Crippen LogP contribution is 2.37. The predicted octanol–water partition coefficient (Wildman–Crippen LogP) is 3.95. The molecular formula is C22H20N6OS. The Morgan fingerprint density at radius 1 is 1.13 bits per heavy atom. The standard InChI is InChI=1S/C22H20N6OS/c1-15-24-25-26-28(15)19(14-16-8-3-2-4-9-16)22(29)27-13-7-11-18(27)21-23-17-10-5-6-12-20(17)30-21/h2-6,8-10,12,14,18H,7,11,13H2,1H3/b19-14+. The van der Waals surface area contributed by atoms with Gasteiger partial charge in [-0.1, -0.05) is 42.5 Å². The molecular weight excluding hydrogens is 396 g/mol. The number of rotatable bonds is 4. The van der Waals surface area contributed by atoms with Crippen LogP contribution in [0.1, 0.15) is 35.3 Å². The van der Waals surface area contributed by atoms with Gasteiger partial charge in [-0.15, -0.1) is 16.4 Å². The van der Waals surface area contributed by atoms with Crippen LogP contribution in [0.15, 0.2) is 54.6 Å². The zero-order valence-corrected chi connectivity index (χ0v) is 17.3. The number of thiazole rings is 1. The van der Waals surface area contributed by atoms with Crippen molar-refractivity contribution in [3.05, 3.63) is 71.0 Å². The summed E-state index contributed by atoms with van der Waals surface area (Å²) in [5, 5.41) is 12.8. The maximum absolute atomic E-state index is 13.7. The Kier molecular flexibility index (Phi) is 4.84. The number of carbonyl (C=O) groups is 1. The second-order valence-electron chi connectivity index (χ2n) is 7.25. The average molecular weight is 417 g/mol. The van der Waals surface area contributed by atoms with E-state index >= 15 is 0 Å². The monoisotopic (exact) mass is 416 g/mol. The second-order valence-corrected chi connectivity index (χ2v) is 8.32. The van der Waals surface area contributed by atoms with Crippen LogP contribution < -0.4 is 0 Å². The SMILES string of the molecule is Cc1nnnn1/C(=C/c1ccccc1)C(=O)N1CCCC1c1nc2ccccc2s1. The minimum Gasteiger partial charge on any atom is -0.328 e. The number of likely N-dealkylation sites (tertiary alicyclic amines) is 1. The van der Waals surface area contributed by atoms with Crippen molar-refractivity contribution in [2.24, 2.45) is 0 Å². The molecule has 1 amide bonds. The molecule has 2 aromatic heterocycles. The third-order valence-corrected chi connectivity index (χ3v) is 6.42. The second kappa shape index (κ2) is 7.79. The molecule has 0 N–H and O–H groups in total. The number of tetrazole rings is 1. The molecule has 1 atom stereocenters. The zero-order valence-electron chi connectivity index (χ0n) is 16.5. The number of para-hydroxylation sites is 1. The normalized spacial score (nSPS) is 17.0. The van der Waals surface area contributed by atoms with Gasteiger partial charge in [0.25, 0.3) is 5.91 Å². The van der Waals surface area contributed by atoms with Gasteiger partial charge >= 0.3 is 0 Å². The number of amides is 1. The fourth-order valence-corrected chi connectivity index (χ4v) is 4.94. The number of aryl methyl sites for hydroxylation is 1. The van der Waals surface area contributed by atoms with Crippen LogP contribution in [0, 0.1) is 6.92 Å². The zero-order chi connectivity index (χ0) is 20.5. The van der Waals surface area contributed by atoms with Crippen molar-refractivity contribution in [3.63, 3.8) is 0 Å². The van der Waals surface area contributed by atoms with Crippen LogP contribution in [0.2, 0.25) is 0 Å². The van der Waals surface area contributed by atoms with Gasteiger partial charge in [-0.3, -0.25) is 4.79 Å². The van der Waals surface area contributed by atoms with E-state index in [1.165, 1.54) is 4.68 Å². The van der Waals surface area contributed by atoms with Gasteiger partial charge in [-0.05, 0) is 54.0 Å². The lowest BCUT2D eigenvalue weighted by Crippen LogP contribution is -2.33. The van der Waals surface area contributed by atoms with Crippen molar-refractivity contribution in [3.8, 4) is 0 Å². The minimum atomic E-state index is -0.0870. The number of nitrogens with zero attached hydrogens (tertiary/aromatic N) is 6.